The Morgan fingerprint density at radius 1 is 1.23 bits per heavy atom. The zero-order valence-electron chi connectivity index (χ0n) is 18.3. The number of piperidine rings is 1. The van der Waals surface area contributed by atoms with Crippen LogP contribution in [0.4, 0.5) is 0 Å². The molecule has 1 aromatic carbocycles. The lowest BCUT2D eigenvalue weighted by Gasteiger charge is -2.39. The number of aromatic nitrogens is 1. The second-order valence-corrected chi connectivity index (χ2v) is 8.02. The van der Waals surface area contributed by atoms with Crippen molar-refractivity contribution in [1.29, 1.82) is 0 Å². The van der Waals surface area contributed by atoms with Crippen LogP contribution in [0.2, 0.25) is 0 Å². The zero-order valence-corrected chi connectivity index (χ0v) is 18.3. The Morgan fingerprint density at radius 2 is 2.00 bits per heavy atom. The number of likely N-dealkylation sites (tertiary alicyclic amines) is 1. The van der Waals surface area contributed by atoms with E-state index in [1.807, 2.05) is 25.2 Å². The molecule has 2 unspecified atom stereocenters. The summed E-state index contributed by atoms with van der Waals surface area (Å²) in [5, 5.41) is 3.26. The topological polar surface area (TPSA) is 60.8 Å². The molecule has 160 valence electrons. The monoisotopic (exact) mass is 407 g/mol. The Bertz CT molecular complexity index is 824. The Morgan fingerprint density at radius 3 is 2.67 bits per heavy atom. The van der Waals surface area contributed by atoms with Crippen LogP contribution in [-0.2, 0) is 11.2 Å². The van der Waals surface area contributed by atoms with Gasteiger partial charge in [0.15, 0.2) is 5.96 Å². The maximum atomic E-state index is 12.5. The fourth-order valence-corrected chi connectivity index (χ4v) is 4.11. The first-order chi connectivity index (χ1) is 14.6. The number of hydrogen-bond acceptors (Lipinski definition) is 3. The number of likely N-dealkylation sites (N-methyl/N-ethyl adjacent to an activating group) is 1. The van der Waals surface area contributed by atoms with Crippen molar-refractivity contribution in [1.82, 2.24) is 20.1 Å². The summed E-state index contributed by atoms with van der Waals surface area (Å²) in [6.45, 7) is 5.07. The van der Waals surface area contributed by atoms with E-state index in [4.69, 9.17) is 0 Å². The van der Waals surface area contributed by atoms with Crippen LogP contribution in [0.25, 0.3) is 0 Å². The van der Waals surface area contributed by atoms with E-state index in [1.54, 1.807) is 18.1 Å². The van der Waals surface area contributed by atoms with Crippen LogP contribution in [0.5, 0.6) is 0 Å². The molecule has 30 heavy (non-hydrogen) atoms. The van der Waals surface area contributed by atoms with Gasteiger partial charge in [-0.3, -0.25) is 14.8 Å². The standard InChI is InChI=1S/C24H33N5O/c1-19-18-29(16-13-22(19)20-9-5-4-6-10-20)24(25-2)27-17-23(30)28(3)15-12-21-11-7-8-14-26-21/h4-11,14,19,22H,12-13,15-18H2,1-3H3,(H,25,27). The van der Waals surface area contributed by atoms with Crippen LogP contribution in [0, 0.1) is 5.92 Å². The number of nitrogens with zero attached hydrogens (tertiary/aromatic N) is 4. The van der Waals surface area contributed by atoms with Crippen molar-refractivity contribution >= 4 is 11.9 Å². The molecule has 0 spiro atoms. The van der Waals surface area contributed by atoms with E-state index < -0.39 is 0 Å². The summed E-state index contributed by atoms with van der Waals surface area (Å²) in [6, 6.07) is 16.6. The summed E-state index contributed by atoms with van der Waals surface area (Å²) in [7, 11) is 3.62. The van der Waals surface area contributed by atoms with Crippen molar-refractivity contribution in [2.24, 2.45) is 10.9 Å². The summed E-state index contributed by atoms with van der Waals surface area (Å²) >= 11 is 0. The molecule has 3 rings (SSSR count). The first-order valence-corrected chi connectivity index (χ1v) is 10.7. The Hall–Kier alpha value is -2.89. The number of carbonyl (C=O) groups excluding carboxylic acids is 1. The third-order valence-electron chi connectivity index (χ3n) is 5.90. The van der Waals surface area contributed by atoms with Gasteiger partial charge >= 0.3 is 0 Å². The summed E-state index contributed by atoms with van der Waals surface area (Å²) in [6.07, 6.45) is 3.62. The molecule has 1 saturated heterocycles. The van der Waals surface area contributed by atoms with Crippen molar-refractivity contribution in [2.45, 2.75) is 25.7 Å². The molecule has 1 aliphatic rings. The molecule has 6 nitrogen and oxygen atoms in total. The second kappa shape index (κ2) is 10.8. The molecule has 1 N–H and O–H groups in total. The summed E-state index contributed by atoms with van der Waals surface area (Å²) in [4.78, 5) is 25.3. The normalized spacial score (nSPS) is 19.4. The predicted octanol–water partition coefficient (Wildman–Crippen LogP) is 2.78. The van der Waals surface area contributed by atoms with Gasteiger partial charge in [-0.15, -0.1) is 0 Å². The average Bonchev–Trinajstić information content (AvgIpc) is 2.79. The molecule has 0 radical (unpaired) electrons. The van der Waals surface area contributed by atoms with Crippen molar-refractivity contribution < 1.29 is 4.79 Å². The first-order valence-electron chi connectivity index (χ1n) is 10.7. The van der Waals surface area contributed by atoms with Crippen molar-refractivity contribution in [3.8, 4) is 0 Å². The van der Waals surface area contributed by atoms with Gasteiger partial charge < -0.3 is 15.1 Å². The molecular formula is C24H33N5O. The molecule has 1 amide bonds. The second-order valence-electron chi connectivity index (χ2n) is 8.02. The molecule has 1 aromatic heterocycles. The van der Waals surface area contributed by atoms with Crippen LogP contribution >= 0.6 is 0 Å². The number of nitrogens with one attached hydrogen (secondary N) is 1. The van der Waals surface area contributed by atoms with Crippen molar-refractivity contribution in [3.05, 3.63) is 66.0 Å². The van der Waals surface area contributed by atoms with Gasteiger partial charge in [0.2, 0.25) is 5.91 Å². The van der Waals surface area contributed by atoms with Crippen LogP contribution in [0.1, 0.15) is 30.5 Å². The number of rotatable bonds is 6. The fourth-order valence-electron chi connectivity index (χ4n) is 4.11. The van der Waals surface area contributed by atoms with Gasteiger partial charge in [0, 0.05) is 52.0 Å². The van der Waals surface area contributed by atoms with Crippen LogP contribution in [0.15, 0.2) is 59.7 Å². The largest absolute Gasteiger partial charge is 0.347 e. The zero-order chi connectivity index (χ0) is 21.3. The molecule has 0 bridgehead atoms. The highest BCUT2D eigenvalue weighted by Crippen LogP contribution is 2.32. The van der Waals surface area contributed by atoms with Crippen LogP contribution in [-0.4, -0.2) is 66.9 Å². The number of pyridine rings is 1. The summed E-state index contributed by atoms with van der Waals surface area (Å²) in [5.74, 6) is 1.95. The number of benzene rings is 1. The molecule has 1 fully saturated rings. The average molecular weight is 408 g/mol. The number of guanidine groups is 1. The smallest absolute Gasteiger partial charge is 0.241 e. The van der Waals surface area contributed by atoms with Crippen molar-refractivity contribution in [2.75, 3.05) is 40.3 Å². The lowest BCUT2D eigenvalue weighted by Crippen LogP contribution is -2.50. The maximum absolute atomic E-state index is 12.5. The van der Waals surface area contributed by atoms with Gasteiger partial charge in [0.25, 0.3) is 0 Å². The van der Waals surface area contributed by atoms with Gasteiger partial charge in [-0.1, -0.05) is 43.3 Å². The van der Waals surface area contributed by atoms with E-state index >= 15 is 0 Å². The maximum Gasteiger partial charge on any atom is 0.241 e. The molecule has 2 atom stereocenters. The number of carbonyl (C=O) groups is 1. The van der Waals surface area contributed by atoms with Gasteiger partial charge in [-0.25, -0.2) is 0 Å². The highest BCUT2D eigenvalue weighted by atomic mass is 16.2. The molecule has 0 saturated carbocycles. The molecular weight excluding hydrogens is 374 g/mol. The minimum Gasteiger partial charge on any atom is -0.347 e. The van der Waals surface area contributed by atoms with E-state index in [0.29, 0.717) is 18.4 Å². The highest BCUT2D eigenvalue weighted by Gasteiger charge is 2.28. The number of hydrogen-bond donors (Lipinski definition) is 1. The quantitative estimate of drug-likeness (QED) is 0.591. The van der Waals surface area contributed by atoms with Crippen LogP contribution in [0.3, 0.4) is 0 Å². The van der Waals surface area contributed by atoms with E-state index in [1.165, 1.54) is 5.56 Å². The Kier molecular flexibility index (Phi) is 7.82. The minimum atomic E-state index is 0.0549. The molecule has 1 aliphatic heterocycles. The van der Waals surface area contributed by atoms with Gasteiger partial charge in [0.05, 0.1) is 6.54 Å². The minimum absolute atomic E-state index is 0.0549. The van der Waals surface area contributed by atoms with Crippen LogP contribution < -0.4 is 5.32 Å². The Balaban J connectivity index is 1.47. The molecule has 2 heterocycles. The van der Waals surface area contributed by atoms with Gasteiger partial charge in [0.1, 0.15) is 0 Å². The molecule has 0 aliphatic carbocycles. The van der Waals surface area contributed by atoms with Crippen molar-refractivity contribution in [3.63, 3.8) is 0 Å². The lowest BCUT2D eigenvalue weighted by atomic mass is 9.82. The highest BCUT2D eigenvalue weighted by molar-refractivity contribution is 5.86. The van der Waals surface area contributed by atoms with E-state index in [-0.39, 0.29) is 12.5 Å². The Labute approximate surface area is 180 Å². The van der Waals surface area contributed by atoms with E-state index in [2.05, 4.69) is 57.4 Å². The van der Waals surface area contributed by atoms with E-state index in [0.717, 1.165) is 37.6 Å². The predicted molar refractivity (Wildman–Crippen MR) is 121 cm³/mol. The fraction of sp³-hybridized carbons (Fsp3) is 0.458. The number of amides is 1. The SMILES string of the molecule is CN=C(NCC(=O)N(C)CCc1ccccn1)N1CCC(c2ccccc2)C(C)C1. The third kappa shape index (κ3) is 5.81. The third-order valence-corrected chi connectivity index (χ3v) is 5.90. The summed E-state index contributed by atoms with van der Waals surface area (Å²) in [5.41, 5.74) is 2.41. The van der Waals surface area contributed by atoms with Gasteiger partial charge in [-0.2, -0.15) is 0 Å². The summed E-state index contributed by atoms with van der Waals surface area (Å²) < 4.78 is 0. The number of aliphatic imine (C=N–C) groups is 1. The first kappa shape index (κ1) is 21.8. The lowest BCUT2D eigenvalue weighted by molar-refractivity contribution is -0.128. The molecule has 6 heteroatoms. The van der Waals surface area contributed by atoms with E-state index in [9.17, 15) is 4.79 Å². The van der Waals surface area contributed by atoms with Gasteiger partial charge in [-0.05, 0) is 36.0 Å². The molecule has 2 aromatic rings.